The number of rotatable bonds is 4. The molecule has 3 N–H and O–H groups in total. The van der Waals surface area contributed by atoms with Crippen LogP contribution in [0.25, 0.3) is 0 Å². The van der Waals surface area contributed by atoms with Crippen molar-refractivity contribution in [3.05, 3.63) is 48.2 Å². The Balaban J connectivity index is 2.23. The number of pyridine rings is 1. The van der Waals surface area contributed by atoms with E-state index in [1.165, 1.54) is 11.8 Å². The topological polar surface area (TPSA) is 106 Å². The molecule has 1 aromatic carbocycles. The van der Waals surface area contributed by atoms with Gasteiger partial charge in [0, 0.05) is 22.9 Å². The van der Waals surface area contributed by atoms with Crippen LogP contribution >= 0.6 is 11.8 Å². The molecular weight excluding hydrogens is 310 g/mol. The Bertz CT molecular complexity index is 772. The average Bonchev–Trinajstić information content (AvgIpc) is 2.46. The zero-order valence-corrected chi connectivity index (χ0v) is 12.7. The summed E-state index contributed by atoms with van der Waals surface area (Å²) in [5.74, 6) is 0.00618. The molecular formula is C13H13N3O3S2. The Morgan fingerprint density at radius 3 is 2.52 bits per heavy atom. The summed E-state index contributed by atoms with van der Waals surface area (Å²) < 4.78 is 22.8. The fourth-order valence-electron chi connectivity index (χ4n) is 1.56. The van der Waals surface area contributed by atoms with Gasteiger partial charge in [0.1, 0.15) is 5.03 Å². The molecule has 8 heteroatoms. The first kappa shape index (κ1) is 15.3. The van der Waals surface area contributed by atoms with Gasteiger partial charge in [-0.25, -0.2) is 13.4 Å². The third-order valence-electron chi connectivity index (χ3n) is 2.61. The van der Waals surface area contributed by atoms with Crippen LogP contribution in [0.1, 0.15) is 5.56 Å². The molecule has 0 fully saturated rings. The first-order valence-corrected chi connectivity index (χ1v) is 8.53. The molecule has 0 unspecified atom stereocenters. The summed E-state index contributed by atoms with van der Waals surface area (Å²) in [4.78, 5) is 5.28. The van der Waals surface area contributed by atoms with Crippen molar-refractivity contribution in [2.24, 2.45) is 10.9 Å². The summed E-state index contributed by atoms with van der Waals surface area (Å²) in [6.45, 7) is 0. The van der Waals surface area contributed by atoms with E-state index in [4.69, 9.17) is 10.9 Å². The fourth-order valence-corrected chi connectivity index (χ4v) is 3.00. The van der Waals surface area contributed by atoms with Crippen LogP contribution in [0, 0.1) is 0 Å². The van der Waals surface area contributed by atoms with Crippen LogP contribution in [0.4, 0.5) is 0 Å². The van der Waals surface area contributed by atoms with Crippen molar-refractivity contribution in [1.29, 1.82) is 0 Å². The first-order chi connectivity index (χ1) is 9.90. The number of sulfone groups is 1. The van der Waals surface area contributed by atoms with E-state index in [1.54, 1.807) is 42.6 Å². The molecule has 0 amide bonds. The average molecular weight is 323 g/mol. The second kappa shape index (κ2) is 6.15. The lowest BCUT2D eigenvalue weighted by molar-refractivity contribution is 0.318. The molecule has 6 nitrogen and oxygen atoms in total. The van der Waals surface area contributed by atoms with Crippen LogP contribution in [0.3, 0.4) is 0 Å². The predicted octanol–water partition coefficient (Wildman–Crippen LogP) is 1.73. The molecule has 0 radical (unpaired) electrons. The van der Waals surface area contributed by atoms with Crippen LogP contribution in [-0.4, -0.2) is 30.7 Å². The molecule has 0 saturated carbocycles. The van der Waals surface area contributed by atoms with Gasteiger partial charge in [-0.2, -0.15) is 0 Å². The number of hydrogen-bond acceptors (Lipinski definition) is 6. The van der Waals surface area contributed by atoms with Gasteiger partial charge in [-0.1, -0.05) is 16.9 Å². The van der Waals surface area contributed by atoms with Gasteiger partial charge in [-0.3, -0.25) is 0 Å². The maximum absolute atomic E-state index is 11.4. The zero-order chi connectivity index (χ0) is 15.5. The van der Waals surface area contributed by atoms with Crippen LogP contribution in [-0.2, 0) is 9.84 Å². The monoisotopic (exact) mass is 323 g/mol. The Labute approximate surface area is 126 Å². The number of benzene rings is 1. The summed E-state index contributed by atoms with van der Waals surface area (Å²) in [6, 6.07) is 9.82. The highest BCUT2D eigenvalue weighted by atomic mass is 32.2. The predicted molar refractivity (Wildman–Crippen MR) is 80.4 cm³/mol. The van der Waals surface area contributed by atoms with Crippen molar-refractivity contribution in [1.82, 2.24) is 4.98 Å². The van der Waals surface area contributed by atoms with E-state index in [1.807, 2.05) is 0 Å². The quantitative estimate of drug-likeness (QED) is 0.384. The number of aromatic nitrogens is 1. The Morgan fingerprint density at radius 1 is 1.29 bits per heavy atom. The Kier molecular flexibility index (Phi) is 4.49. The summed E-state index contributed by atoms with van der Waals surface area (Å²) >= 11 is 1.35. The van der Waals surface area contributed by atoms with Crippen molar-refractivity contribution in [2.45, 2.75) is 14.8 Å². The SMILES string of the molecule is CS(=O)(=O)c1ccc(Sc2cc(C(N)=NO)ccn2)cc1. The van der Waals surface area contributed by atoms with Crippen molar-refractivity contribution in [3.63, 3.8) is 0 Å². The van der Waals surface area contributed by atoms with E-state index in [2.05, 4.69) is 10.1 Å². The number of nitrogens with zero attached hydrogens (tertiary/aromatic N) is 2. The van der Waals surface area contributed by atoms with E-state index in [0.29, 0.717) is 10.6 Å². The smallest absolute Gasteiger partial charge is 0.175 e. The molecule has 0 aliphatic carbocycles. The number of oxime groups is 1. The van der Waals surface area contributed by atoms with E-state index < -0.39 is 9.84 Å². The highest BCUT2D eigenvalue weighted by Gasteiger charge is 2.08. The molecule has 0 bridgehead atoms. The molecule has 0 aliphatic heterocycles. The summed E-state index contributed by atoms with van der Waals surface area (Å²) in [5, 5.41) is 12.2. The van der Waals surface area contributed by atoms with Crippen molar-refractivity contribution in [2.75, 3.05) is 6.26 Å². The van der Waals surface area contributed by atoms with Gasteiger partial charge in [-0.05, 0) is 36.4 Å². The molecule has 1 heterocycles. The molecule has 0 aliphatic rings. The molecule has 0 spiro atoms. The maximum atomic E-state index is 11.4. The van der Waals surface area contributed by atoms with Crippen molar-refractivity contribution >= 4 is 27.4 Å². The summed E-state index contributed by atoms with van der Waals surface area (Å²) in [5.41, 5.74) is 6.08. The van der Waals surface area contributed by atoms with Gasteiger partial charge in [-0.15, -0.1) is 0 Å². The second-order valence-electron chi connectivity index (χ2n) is 4.21. The lowest BCUT2D eigenvalue weighted by atomic mass is 10.2. The minimum atomic E-state index is -3.20. The first-order valence-electron chi connectivity index (χ1n) is 5.82. The number of amidine groups is 1. The van der Waals surface area contributed by atoms with Crippen molar-refractivity contribution < 1.29 is 13.6 Å². The number of nitrogens with two attached hydrogens (primary N) is 1. The third kappa shape index (κ3) is 3.96. The third-order valence-corrected chi connectivity index (χ3v) is 4.68. The fraction of sp³-hybridized carbons (Fsp3) is 0.0769. The maximum Gasteiger partial charge on any atom is 0.175 e. The largest absolute Gasteiger partial charge is 0.409 e. The van der Waals surface area contributed by atoms with Gasteiger partial charge < -0.3 is 10.9 Å². The Hall–Kier alpha value is -2.06. The zero-order valence-electron chi connectivity index (χ0n) is 11.1. The van der Waals surface area contributed by atoms with Gasteiger partial charge in [0.2, 0.25) is 0 Å². The minimum absolute atomic E-state index is 0.00618. The standard InChI is InChI=1S/C13H13N3O3S2/c1-21(18,19)11-4-2-10(3-5-11)20-12-8-9(6-7-15-12)13(14)16-17/h2-8,17H,1H3,(H2,14,16). The van der Waals surface area contributed by atoms with E-state index >= 15 is 0 Å². The second-order valence-corrected chi connectivity index (χ2v) is 7.32. The van der Waals surface area contributed by atoms with Gasteiger partial charge >= 0.3 is 0 Å². The molecule has 0 saturated heterocycles. The molecule has 2 rings (SSSR count). The Morgan fingerprint density at radius 2 is 1.95 bits per heavy atom. The van der Waals surface area contributed by atoms with E-state index in [9.17, 15) is 8.42 Å². The van der Waals surface area contributed by atoms with Gasteiger partial charge in [0.05, 0.1) is 4.90 Å². The normalized spacial score (nSPS) is 12.3. The van der Waals surface area contributed by atoms with Crippen molar-refractivity contribution in [3.8, 4) is 0 Å². The van der Waals surface area contributed by atoms with Crippen LogP contribution in [0.2, 0.25) is 0 Å². The lowest BCUT2D eigenvalue weighted by Crippen LogP contribution is -2.13. The molecule has 21 heavy (non-hydrogen) atoms. The minimum Gasteiger partial charge on any atom is -0.409 e. The summed E-state index contributed by atoms with van der Waals surface area (Å²) in [7, 11) is -3.20. The van der Waals surface area contributed by atoms with E-state index in [0.717, 1.165) is 11.2 Å². The highest BCUT2D eigenvalue weighted by molar-refractivity contribution is 7.99. The number of hydrogen-bond donors (Lipinski definition) is 2. The molecule has 2 aromatic rings. The lowest BCUT2D eigenvalue weighted by Gasteiger charge is -2.04. The van der Waals surface area contributed by atoms with E-state index in [-0.39, 0.29) is 10.7 Å². The molecule has 110 valence electrons. The van der Waals surface area contributed by atoms with Crippen LogP contribution < -0.4 is 5.73 Å². The summed E-state index contributed by atoms with van der Waals surface area (Å²) in [6.07, 6.45) is 2.72. The molecule has 1 aromatic heterocycles. The molecule has 0 atom stereocenters. The highest BCUT2D eigenvalue weighted by Crippen LogP contribution is 2.27. The van der Waals surface area contributed by atoms with Gasteiger partial charge in [0.25, 0.3) is 0 Å². The van der Waals surface area contributed by atoms with Gasteiger partial charge in [0.15, 0.2) is 15.7 Å². The van der Waals surface area contributed by atoms with Crippen LogP contribution in [0.15, 0.2) is 62.6 Å². The van der Waals surface area contributed by atoms with Crippen LogP contribution in [0.5, 0.6) is 0 Å².